The molecule has 1 aromatic rings. The number of hydrogen-bond donors (Lipinski definition) is 1. The Kier molecular flexibility index (Phi) is 5.75. The van der Waals surface area contributed by atoms with E-state index in [0.717, 1.165) is 18.4 Å². The van der Waals surface area contributed by atoms with Crippen LogP contribution < -0.4 is 5.32 Å². The van der Waals surface area contributed by atoms with Crippen LogP contribution in [0.2, 0.25) is 0 Å². The average Bonchev–Trinajstić information content (AvgIpc) is 3.04. The zero-order chi connectivity index (χ0) is 15.9. The molecule has 0 aromatic carbocycles. The third-order valence-corrected chi connectivity index (χ3v) is 4.07. The van der Waals surface area contributed by atoms with Crippen LogP contribution in [0.15, 0.2) is 24.5 Å². The van der Waals surface area contributed by atoms with Gasteiger partial charge in [-0.2, -0.15) is 0 Å². The van der Waals surface area contributed by atoms with E-state index in [4.69, 9.17) is 0 Å². The minimum Gasteiger partial charge on any atom is -0.341 e. The van der Waals surface area contributed by atoms with Crippen LogP contribution in [0.1, 0.15) is 32.3 Å². The molecule has 0 saturated carbocycles. The molecule has 3 amide bonds. The van der Waals surface area contributed by atoms with Crippen molar-refractivity contribution in [2.75, 3.05) is 19.6 Å². The van der Waals surface area contributed by atoms with Crippen LogP contribution in [0.3, 0.4) is 0 Å². The Bertz CT molecular complexity index is 502. The van der Waals surface area contributed by atoms with Crippen molar-refractivity contribution in [1.82, 2.24) is 20.1 Å². The van der Waals surface area contributed by atoms with E-state index < -0.39 is 0 Å². The first kappa shape index (κ1) is 16.3. The number of aromatic nitrogens is 1. The van der Waals surface area contributed by atoms with E-state index >= 15 is 0 Å². The lowest BCUT2D eigenvalue weighted by atomic mass is 10.2. The number of hydrogen-bond acceptors (Lipinski definition) is 3. The third kappa shape index (κ3) is 3.75. The Morgan fingerprint density at radius 2 is 2.00 bits per heavy atom. The summed E-state index contributed by atoms with van der Waals surface area (Å²) in [5.74, 6) is 0.0570. The Morgan fingerprint density at radius 1 is 1.32 bits per heavy atom. The minimum absolute atomic E-state index is 0.0570. The van der Waals surface area contributed by atoms with Gasteiger partial charge in [-0.05, 0) is 44.4 Å². The number of nitrogens with zero attached hydrogens (tertiary/aromatic N) is 3. The standard InChI is InChI=1S/C16H24N4O2/c1-3-19(4-2)15(21)14-6-5-11-20(14)16(22)18-12-13-7-9-17-10-8-13/h7-10,14H,3-6,11-12H2,1-2H3,(H,18,22)/t14-/m0/s1. The van der Waals surface area contributed by atoms with E-state index in [1.54, 1.807) is 22.2 Å². The second kappa shape index (κ2) is 7.77. The molecule has 0 unspecified atom stereocenters. The molecule has 0 aliphatic carbocycles. The number of nitrogens with one attached hydrogen (secondary N) is 1. The Hall–Kier alpha value is -2.11. The number of carbonyl (C=O) groups excluding carboxylic acids is 2. The van der Waals surface area contributed by atoms with Gasteiger partial charge in [0.1, 0.15) is 6.04 Å². The number of pyridine rings is 1. The van der Waals surface area contributed by atoms with Crippen molar-refractivity contribution in [3.63, 3.8) is 0 Å². The van der Waals surface area contributed by atoms with Gasteiger partial charge in [0.15, 0.2) is 0 Å². The molecular weight excluding hydrogens is 280 g/mol. The van der Waals surface area contributed by atoms with Crippen LogP contribution >= 0.6 is 0 Å². The maximum Gasteiger partial charge on any atom is 0.318 e. The molecule has 1 aliphatic heterocycles. The topological polar surface area (TPSA) is 65.5 Å². The van der Waals surface area contributed by atoms with Gasteiger partial charge < -0.3 is 15.1 Å². The summed E-state index contributed by atoms with van der Waals surface area (Å²) in [7, 11) is 0. The van der Waals surface area contributed by atoms with Crippen LogP contribution in [0.5, 0.6) is 0 Å². The molecule has 6 nitrogen and oxygen atoms in total. The molecular formula is C16H24N4O2. The van der Waals surface area contributed by atoms with Gasteiger partial charge in [0.05, 0.1) is 0 Å². The molecule has 0 bridgehead atoms. The first-order valence-corrected chi connectivity index (χ1v) is 7.89. The van der Waals surface area contributed by atoms with Gasteiger partial charge >= 0.3 is 6.03 Å². The number of likely N-dealkylation sites (tertiary alicyclic amines) is 1. The maximum atomic E-state index is 12.5. The van der Waals surface area contributed by atoms with E-state index in [2.05, 4.69) is 10.3 Å². The predicted octanol–water partition coefficient (Wildman–Crippen LogP) is 1.62. The molecule has 1 aliphatic rings. The second-order valence-electron chi connectivity index (χ2n) is 5.38. The van der Waals surface area contributed by atoms with Gasteiger partial charge in [0.25, 0.3) is 0 Å². The summed E-state index contributed by atoms with van der Waals surface area (Å²) in [5, 5.41) is 2.89. The fourth-order valence-electron chi connectivity index (χ4n) is 2.79. The maximum absolute atomic E-state index is 12.5. The quantitative estimate of drug-likeness (QED) is 0.899. The SMILES string of the molecule is CCN(CC)C(=O)[C@@H]1CCCN1C(=O)NCc1ccncc1. The zero-order valence-electron chi connectivity index (χ0n) is 13.3. The number of likely N-dealkylation sites (N-methyl/N-ethyl adjacent to an activating group) is 1. The van der Waals surface area contributed by atoms with Crippen LogP contribution in [0.4, 0.5) is 4.79 Å². The first-order valence-electron chi connectivity index (χ1n) is 7.89. The molecule has 1 saturated heterocycles. The summed E-state index contributed by atoms with van der Waals surface area (Å²) < 4.78 is 0. The average molecular weight is 304 g/mol. The molecule has 1 aromatic heterocycles. The van der Waals surface area contributed by atoms with E-state index in [0.29, 0.717) is 26.2 Å². The molecule has 22 heavy (non-hydrogen) atoms. The largest absolute Gasteiger partial charge is 0.341 e. The van der Waals surface area contributed by atoms with Crippen LogP contribution in [-0.4, -0.2) is 52.4 Å². The monoisotopic (exact) mass is 304 g/mol. The smallest absolute Gasteiger partial charge is 0.318 e. The van der Waals surface area contributed by atoms with Gasteiger partial charge in [0, 0.05) is 38.6 Å². The molecule has 1 N–H and O–H groups in total. The van der Waals surface area contributed by atoms with Crippen molar-refractivity contribution in [1.29, 1.82) is 0 Å². The van der Waals surface area contributed by atoms with Gasteiger partial charge in [-0.3, -0.25) is 9.78 Å². The van der Waals surface area contributed by atoms with E-state index in [1.807, 2.05) is 26.0 Å². The van der Waals surface area contributed by atoms with E-state index in [1.165, 1.54) is 0 Å². The highest BCUT2D eigenvalue weighted by molar-refractivity contribution is 5.87. The molecule has 6 heteroatoms. The molecule has 1 fully saturated rings. The summed E-state index contributed by atoms with van der Waals surface area (Å²) in [6.45, 7) is 6.37. The zero-order valence-corrected chi connectivity index (χ0v) is 13.3. The Balaban J connectivity index is 1.94. The number of urea groups is 1. The van der Waals surface area contributed by atoms with Crippen LogP contribution in [-0.2, 0) is 11.3 Å². The first-order chi connectivity index (χ1) is 10.7. The van der Waals surface area contributed by atoms with Gasteiger partial charge in [-0.15, -0.1) is 0 Å². The van der Waals surface area contributed by atoms with E-state index in [-0.39, 0.29) is 18.0 Å². The predicted molar refractivity (Wildman–Crippen MR) is 84.1 cm³/mol. The van der Waals surface area contributed by atoms with Gasteiger partial charge in [-0.1, -0.05) is 0 Å². The van der Waals surface area contributed by atoms with Crippen molar-refractivity contribution in [3.05, 3.63) is 30.1 Å². The molecule has 0 radical (unpaired) electrons. The molecule has 120 valence electrons. The lowest BCUT2D eigenvalue weighted by Gasteiger charge is -2.29. The fraction of sp³-hybridized carbons (Fsp3) is 0.562. The highest BCUT2D eigenvalue weighted by atomic mass is 16.2. The summed E-state index contributed by atoms with van der Waals surface area (Å²) in [6, 6.07) is 3.24. The number of rotatable bonds is 5. The highest BCUT2D eigenvalue weighted by Crippen LogP contribution is 2.19. The number of carbonyl (C=O) groups is 2. The summed E-state index contributed by atoms with van der Waals surface area (Å²) in [4.78, 5) is 32.3. The lowest BCUT2D eigenvalue weighted by molar-refractivity contribution is -0.134. The van der Waals surface area contributed by atoms with Crippen molar-refractivity contribution in [2.45, 2.75) is 39.3 Å². The Morgan fingerprint density at radius 3 is 2.64 bits per heavy atom. The van der Waals surface area contributed by atoms with Gasteiger partial charge in [-0.25, -0.2) is 4.79 Å². The van der Waals surface area contributed by atoms with Crippen LogP contribution in [0.25, 0.3) is 0 Å². The highest BCUT2D eigenvalue weighted by Gasteiger charge is 2.35. The molecule has 0 spiro atoms. The molecule has 2 rings (SSSR count). The van der Waals surface area contributed by atoms with E-state index in [9.17, 15) is 9.59 Å². The van der Waals surface area contributed by atoms with Gasteiger partial charge in [0.2, 0.25) is 5.91 Å². The van der Waals surface area contributed by atoms with Crippen molar-refractivity contribution < 1.29 is 9.59 Å². The third-order valence-electron chi connectivity index (χ3n) is 4.07. The Labute approximate surface area is 131 Å². The van der Waals surface area contributed by atoms with Crippen LogP contribution in [0, 0.1) is 0 Å². The molecule has 1 atom stereocenters. The second-order valence-corrected chi connectivity index (χ2v) is 5.38. The minimum atomic E-state index is -0.322. The summed E-state index contributed by atoms with van der Waals surface area (Å²) >= 11 is 0. The lowest BCUT2D eigenvalue weighted by Crippen LogP contribution is -2.50. The summed E-state index contributed by atoms with van der Waals surface area (Å²) in [6.07, 6.45) is 5.02. The number of amides is 3. The van der Waals surface area contributed by atoms with Crippen molar-refractivity contribution in [2.24, 2.45) is 0 Å². The van der Waals surface area contributed by atoms with Crippen molar-refractivity contribution in [3.8, 4) is 0 Å². The van der Waals surface area contributed by atoms with Crippen molar-refractivity contribution >= 4 is 11.9 Å². The molecule has 2 heterocycles. The summed E-state index contributed by atoms with van der Waals surface area (Å²) in [5.41, 5.74) is 0.995. The fourth-order valence-corrected chi connectivity index (χ4v) is 2.79. The normalized spacial score (nSPS) is 17.4.